The van der Waals surface area contributed by atoms with Crippen molar-refractivity contribution in [3.63, 3.8) is 0 Å². The van der Waals surface area contributed by atoms with E-state index in [4.69, 9.17) is 10.3 Å². The molecule has 0 unspecified atom stereocenters. The van der Waals surface area contributed by atoms with Gasteiger partial charge in [0.1, 0.15) is 4.88 Å². The second kappa shape index (κ2) is 9.64. The number of thiazole rings is 1. The minimum absolute atomic E-state index is 0.176. The Hall–Kier alpha value is -2.35. The zero-order valence-electron chi connectivity index (χ0n) is 15.7. The predicted molar refractivity (Wildman–Crippen MR) is 116 cm³/mol. The molecule has 30 heavy (non-hydrogen) atoms. The number of carboxylic acid groups (broad SMARTS) is 1. The van der Waals surface area contributed by atoms with Crippen LogP contribution in [0.4, 0.5) is 5.13 Å². The summed E-state index contributed by atoms with van der Waals surface area (Å²) >= 11 is 2.61. The van der Waals surface area contributed by atoms with Crippen molar-refractivity contribution in [2.45, 2.75) is 4.90 Å². The Bertz CT molecular complexity index is 1090. The second-order valence-corrected chi connectivity index (χ2v) is 10.0. The standard InChI is InChI=1S/C18H17N3O4S3.H3NO/c22-17(23)15-12-19-18(27-15)20-7-9-21(10-8-20)28(24,25)16-6-2-1-4-13(16)14-5-3-11-26-14;1-2/h1-6,11-12H,7-10H2,(H,22,23);2H,1H2. The molecule has 1 aromatic carbocycles. The number of thiophene rings is 1. The third-order valence-corrected chi connectivity index (χ3v) is 8.41. The smallest absolute Gasteiger partial charge is 0.347 e. The Balaban J connectivity index is 0.00000124. The maximum atomic E-state index is 13.3. The highest BCUT2D eigenvalue weighted by Crippen LogP contribution is 2.33. The van der Waals surface area contributed by atoms with Crippen LogP contribution in [0.3, 0.4) is 0 Å². The number of benzene rings is 1. The quantitative estimate of drug-likeness (QED) is 0.486. The summed E-state index contributed by atoms with van der Waals surface area (Å²) in [7, 11) is -3.63. The number of carbonyl (C=O) groups is 1. The third-order valence-electron chi connectivity index (χ3n) is 4.50. The highest BCUT2D eigenvalue weighted by atomic mass is 32.2. The summed E-state index contributed by atoms with van der Waals surface area (Å²) in [5.41, 5.74) is 0.714. The fourth-order valence-electron chi connectivity index (χ4n) is 3.10. The lowest BCUT2D eigenvalue weighted by Gasteiger charge is -2.34. The van der Waals surface area contributed by atoms with Gasteiger partial charge in [0.05, 0.1) is 11.1 Å². The molecule has 3 aromatic rings. The molecular weight excluding hydrogens is 448 g/mol. The summed E-state index contributed by atoms with van der Waals surface area (Å²) in [5, 5.41) is 18.1. The van der Waals surface area contributed by atoms with Crippen LogP contribution in [0.5, 0.6) is 0 Å². The summed E-state index contributed by atoms with van der Waals surface area (Å²) in [6.45, 7) is 1.58. The van der Waals surface area contributed by atoms with Crippen LogP contribution in [0.15, 0.2) is 52.9 Å². The van der Waals surface area contributed by atoms with Crippen molar-refractivity contribution < 1.29 is 23.5 Å². The van der Waals surface area contributed by atoms with E-state index in [2.05, 4.69) is 10.9 Å². The number of rotatable bonds is 5. The fraction of sp³-hybridized carbons (Fsp3) is 0.222. The third kappa shape index (κ3) is 4.53. The van der Waals surface area contributed by atoms with Gasteiger partial charge < -0.3 is 15.2 Å². The largest absolute Gasteiger partial charge is 0.477 e. The van der Waals surface area contributed by atoms with Crippen LogP contribution in [0, 0.1) is 0 Å². The number of anilines is 1. The number of nitrogens with zero attached hydrogens (tertiary/aromatic N) is 3. The van der Waals surface area contributed by atoms with E-state index in [-0.39, 0.29) is 4.88 Å². The molecule has 9 nitrogen and oxygen atoms in total. The van der Waals surface area contributed by atoms with Gasteiger partial charge >= 0.3 is 5.97 Å². The fourth-order valence-corrected chi connectivity index (χ4v) is 6.36. The van der Waals surface area contributed by atoms with E-state index < -0.39 is 16.0 Å². The molecule has 3 heterocycles. The van der Waals surface area contributed by atoms with Crippen LogP contribution >= 0.6 is 22.7 Å². The van der Waals surface area contributed by atoms with Crippen LogP contribution in [-0.2, 0) is 10.0 Å². The number of piperazine rings is 1. The van der Waals surface area contributed by atoms with Gasteiger partial charge in [-0.05, 0) is 17.5 Å². The lowest BCUT2D eigenvalue weighted by molar-refractivity contribution is 0.0702. The van der Waals surface area contributed by atoms with Crippen LogP contribution < -0.4 is 10.8 Å². The molecule has 0 radical (unpaired) electrons. The first-order chi connectivity index (χ1) is 14.5. The van der Waals surface area contributed by atoms with E-state index in [1.807, 2.05) is 34.5 Å². The lowest BCUT2D eigenvalue weighted by atomic mass is 10.2. The van der Waals surface area contributed by atoms with Crippen molar-refractivity contribution in [3.8, 4) is 10.4 Å². The molecular formula is C18H20N4O5S3. The summed E-state index contributed by atoms with van der Waals surface area (Å²) in [4.78, 5) is 18.5. The van der Waals surface area contributed by atoms with Gasteiger partial charge in [0.2, 0.25) is 10.0 Å². The first-order valence-corrected chi connectivity index (χ1v) is 11.9. The number of aromatic carboxylic acids is 1. The van der Waals surface area contributed by atoms with Gasteiger partial charge in [-0.2, -0.15) is 4.31 Å². The van der Waals surface area contributed by atoms with Crippen molar-refractivity contribution in [1.29, 1.82) is 0 Å². The molecule has 160 valence electrons. The molecule has 0 amide bonds. The number of sulfonamides is 1. The number of hydrogen-bond acceptors (Lipinski definition) is 9. The average Bonchev–Trinajstić information content (AvgIpc) is 3.48. The van der Waals surface area contributed by atoms with Crippen LogP contribution in [0.1, 0.15) is 9.67 Å². The zero-order valence-corrected chi connectivity index (χ0v) is 18.2. The number of hydrogen-bond donors (Lipinski definition) is 3. The normalized spacial score (nSPS) is 14.8. The van der Waals surface area contributed by atoms with E-state index in [1.54, 1.807) is 12.1 Å². The van der Waals surface area contributed by atoms with E-state index in [1.165, 1.54) is 21.8 Å². The predicted octanol–water partition coefficient (Wildman–Crippen LogP) is 2.42. The highest BCUT2D eigenvalue weighted by molar-refractivity contribution is 7.89. The van der Waals surface area contributed by atoms with Gasteiger partial charge in [-0.3, -0.25) is 0 Å². The Morgan fingerprint density at radius 2 is 1.77 bits per heavy atom. The van der Waals surface area contributed by atoms with Crippen molar-refractivity contribution in [3.05, 3.63) is 52.9 Å². The number of aromatic nitrogens is 1. The Morgan fingerprint density at radius 1 is 1.07 bits per heavy atom. The zero-order chi connectivity index (χ0) is 21.7. The first-order valence-electron chi connectivity index (χ1n) is 8.80. The average molecular weight is 469 g/mol. The van der Waals surface area contributed by atoms with Gasteiger partial charge in [0.15, 0.2) is 5.13 Å². The lowest BCUT2D eigenvalue weighted by Crippen LogP contribution is -2.48. The Morgan fingerprint density at radius 3 is 2.37 bits per heavy atom. The van der Waals surface area contributed by atoms with Gasteiger partial charge in [0.25, 0.3) is 0 Å². The highest BCUT2D eigenvalue weighted by Gasteiger charge is 2.31. The van der Waals surface area contributed by atoms with Crippen LogP contribution in [-0.4, -0.2) is 60.2 Å². The summed E-state index contributed by atoms with van der Waals surface area (Å²) < 4.78 is 28.0. The summed E-state index contributed by atoms with van der Waals surface area (Å²) in [5.74, 6) is 2.50. The molecule has 4 rings (SSSR count). The molecule has 4 N–H and O–H groups in total. The van der Waals surface area contributed by atoms with Gasteiger partial charge in [-0.25, -0.2) is 24.1 Å². The van der Waals surface area contributed by atoms with Crippen molar-refractivity contribution in [2.24, 2.45) is 5.90 Å². The molecule has 2 aromatic heterocycles. The molecule has 1 fully saturated rings. The minimum Gasteiger partial charge on any atom is -0.477 e. The molecule has 0 aliphatic carbocycles. The number of nitrogens with two attached hydrogens (primary N) is 1. The van der Waals surface area contributed by atoms with Crippen molar-refractivity contribution in [2.75, 3.05) is 31.1 Å². The minimum atomic E-state index is -3.63. The van der Waals surface area contributed by atoms with E-state index in [0.717, 1.165) is 16.2 Å². The van der Waals surface area contributed by atoms with Gasteiger partial charge in [-0.1, -0.05) is 35.6 Å². The Labute approximate surface area is 181 Å². The molecule has 1 saturated heterocycles. The van der Waals surface area contributed by atoms with Gasteiger partial charge in [-0.15, -0.1) is 11.3 Å². The summed E-state index contributed by atoms with van der Waals surface area (Å²) in [6.07, 6.45) is 1.34. The maximum Gasteiger partial charge on any atom is 0.347 e. The van der Waals surface area contributed by atoms with E-state index in [9.17, 15) is 13.2 Å². The second-order valence-electron chi connectivity index (χ2n) is 6.18. The molecule has 1 aliphatic heterocycles. The molecule has 1 aliphatic rings. The topological polar surface area (TPSA) is 137 Å². The number of carboxylic acids is 1. The Kier molecular flexibility index (Phi) is 7.18. The monoisotopic (exact) mass is 468 g/mol. The SMILES string of the molecule is NO.O=C(O)c1cnc(N2CCN(S(=O)(=O)c3ccccc3-c3cccs3)CC2)s1. The van der Waals surface area contributed by atoms with Crippen LogP contribution in [0.2, 0.25) is 0 Å². The van der Waals surface area contributed by atoms with Crippen molar-refractivity contribution in [1.82, 2.24) is 9.29 Å². The molecule has 0 bridgehead atoms. The first kappa shape index (κ1) is 22.3. The molecule has 12 heteroatoms. The summed E-state index contributed by atoms with van der Waals surface area (Å²) in [6, 6.07) is 10.9. The molecule has 0 spiro atoms. The van der Waals surface area contributed by atoms with Gasteiger partial charge in [0, 0.05) is 36.6 Å². The molecule has 0 saturated carbocycles. The van der Waals surface area contributed by atoms with Crippen molar-refractivity contribution >= 4 is 43.8 Å². The maximum absolute atomic E-state index is 13.3. The van der Waals surface area contributed by atoms with Crippen LogP contribution in [0.25, 0.3) is 10.4 Å². The van der Waals surface area contributed by atoms with E-state index in [0.29, 0.717) is 41.8 Å². The van der Waals surface area contributed by atoms with E-state index >= 15 is 0 Å². The molecule has 0 atom stereocenters.